The van der Waals surface area contributed by atoms with E-state index < -0.39 is 0 Å². The van der Waals surface area contributed by atoms with Gasteiger partial charge in [-0.2, -0.15) is 0 Å². The third-order valence-corrected chi connectivity index (χ3v) is 5.76. The Labute approximate surface area is 136 Å². The second-order valence-electron chi connectivity index (χ2n) is 7.15. The SMILES string of the molecule is COc1ccc(F)cc1C1CCN([C@@H]2COC3(CNC3)C2)CC1. The van der Waals surface area contributed by atoms with Gasteiger partial charge in [-0.05, 0) is 56.5 Å². The van der Waals surface area contributed by atoms with Crippen molar-refractivity contribution in [1.29, 1.82) is 0 Å². The summed E-state index contributed by atoms with van der Waals surface area (Å²) in [5.41, 5.74) is 1.14. The van der Waals surface area contributed by atoms with E-state index in [1.165, 1.54) is 6.07 Å². The average Bonchev–Trinajstić information content (AvgIpc) is 3.01. The average molecular weight is 320 g/mol. The number of ether oxygens (including phenoxy) is 2. The summed E-state index contributed by atoms with van der Waals surface area (Å²) < 4.78 is 25.1. The summed E-state index contributed by atoms with van der Waals surface area (Å²) in [5, 5.41) is 3.32. The van der Waals surface area contributed by atoms with Crippen molar-refractivity contribution in [2.75, 3.05) is 39.9 Å². The first-order valence-electron chi connectivity index (χ1n) is 8.61. The van der Waals surface area contributed by atoms with E-state index in [4.69, 9.17) is 9.47 Å². The van der Waals surface area contributed by atoms with Crippen molar-refractivity contribution in [1.82, 2.24) is 10.2 Å². The molecule has 4 rings (SSSR count). The van der Waals surface area contributed by atoms with Gasteiger partial charge in [0.2, 0.25) is 0 Å². The van der Waals surface area contributed by atoms with Gasteiger partial charge in [-0.1, -0.05) is 0 Å². The molecule has 3 aliphatic rings. The van der Waals surface area contributed by atoms with Crippen LogP contribution in [0.25, 0.3) is 0 Å². The van der Waals surface area contributed by atoms with Crippen molar-refractivity contribution < 1.29 is 13.9 Å². The quantitative estimate of drug-likeness (QED) is 0.925. The van der Waals surface area contributed by atoms with Crippen LogP contribution in [0.2, 0.25) is 0 Å². The number of nitrogens with one attached hydrogen (secondary N) is 1. The summed E-state index contributed by atoms with van der Waals surface area (Å²) >= 11 is 0. The largest absolute Gasteiger partial charge is 0.496 e. The van der Waals surface area contributed by atoms with Gasteiger partial charge in [0.25, 0.3) is 0 Å². The lowest BCUT2D eigenvalue weighted by Crippen LogP contribution is -2.59. The smallest absolute Gasteiger partial charge is 0.123 e. The molecule has 126 valence electrons. The highest BCUT2D eigenvalue weighted by Crippen LogP contribution is 2.38. The monoisotopic (exact) mass is 320 g/mol. The number of hydrogen-bond donors (Lipinski definition) is 1. The second kappa shape index (κ2) is 6.04. The standard InChI is InChI=1S/C18H25FN2O2/c1-22-17-3-2-14(19)8-16(17)13-4-6-21(7-5-13)15-9-18(23-10-15)11-20-12-18/h2-3,8,13,15,20H,4-7,9-12H2,1H3/t15-/m0/s1. The molecule has 1 aromatic rings. The second-order valence-corrected chi connectivity index (χ2v) is 7.15. The number of hydrogen-bond acceptors (Lipinski definition) is 4. The maximum atomic E-state index is 13.6. The van der Waals surface area contributed by atoms with Crippen LogP contribution in [-0.2, 0) is 4.74 Å². The molecule has 5 heteroatoms. The van der Waals surface area contributed by atoms with E-state index >= 15 is 0 Å². The summed E-state index contributed by atoms with van der Waals surface area (Å²) in [7, 11) is 1.66. The Hall–Kier alpha value is -1.17. The Morgan fingerprint density at radius 2 is 2.09 bits per heavy atom. The highest BCUT2D eigenvalue weighted by Gasteiger charge is 2.47. The number of methoxy groups -OCH3 is 1. The zero-order chi connectivity index (χ0) is 15.9. The molecule has 0 aliphatic carbocycles. The van der Waals surface area contributed by atoms with E-state index in [1.54, 1.807) is 19.2 Å². The van der Waals surface area contributed by atoms with Gasteiger partial charge >= 0.3 is 0 Å². The minimum absolute atomic E-state index is 0.118. The van der Waals surface area contributed by atoms with Crippen molar-refractivity contribution in [3.63, 3.8) is 0 Å². The van der Waals surface area contributed by atoms with E-state index in [0.717, 1.165) is 63.4 Å². The molecule has 3 saturated heterocycles. The van der Waals surface area contributed by atoms with Crippen molar-refractivity contribution in [3.8, 4) is 5.75 Å². The van der Waals surface area contributed by atoms with E-state index in [-0.39, 0.29) is 11.4 Å². The zero-order valence-electron chi connectivity index (χ0n) is 13.7. The van der Waals surface area contributed by atoms with Crippen LogP contribution in [0.3, 0.4) is 0 Å². The van der Waals surface area contributed by atoms with Crippen molar-refractivity contribution >= 4 is 0 Å². The van der Waals surface area contributed by atoms with Crippen LogP contribution in [0.5, 0.6) is 5.75 Å². The normalized spacial score (nSPS) is 28.0. The molecule has 1 spiro atoms. The van der Waals surface area contributed by atoms with E-state index in [1.807, 2.05) is 0 Å². The molecule has 1 aromatic carbocycles. The molecule has 0 amide bonds. The molecule has 0 unspecified atom stereocenters. The predicted molar refractivity (Wildman–Crippen MR) is 86.5 cm³/mol. The molecular formula is C18H25FN2O2. The van der Waals surface area contributed by atoms with Gasteiger partial charge < -0.3 is 14.8 Å². The lowest BCUT2D eigenvalue weighted by atomic mass is 9.86. The molecule has 1 N–H and O–H groups in total. The number of halogens is 1. The molecule has 3 aliphatic heterocycles. The molecular weight excluding hydrogens is 295 g/mol. The molecule has 3 fully saturated rings. The van der Waals surface area contributed by atoms with Crippen molar-refractivity contribution in [2.45, 2.75) is 36.8 Å². The van der Waals surface area contributed by atoms with Crippen LogP contribution < -0.4 is 10.1 Å². The molecule has 0 radical (unpaired) electrons. The van der Waals surface area contributed by atoms with Crippen LogP contribution in [-0.4, -0.2) is 56.4 Å². The molecule has 4 nitrogen and oxygen atoms in total. The van der Waals surface area contributed by atoms with Gasteiger partial charge in [0, 0.05) is 24.7 Å². The minimum atomic E-state index is -0.174. The zero-order valence-corrected chi connectivity index (χ0v) is 13.7. The van der Waals surface area contributed by atoms with Gasteiger partial charge in [-0.15, -0.1) is 0 Å². The van der Waals surface area contributed by atoms with Crippen LogP contribution in [0.15, 0.2) is 18.2 Å². The van der Waals surface area contributed by atoms with Gasteiger partial charge in [0.1, 0.15) is 11.6 Å². The summed E-state index contributed by atoms with van der Waals surface area (Å²) in [5.74, 6) is 1.03. The van der Waals surface area contributed by atoms with Crippen LogP contribution in [0, 0.1) is 5.82 Å². The van der Waals surface area contributed by atoms with Crippen molar-refractivity contribution in [3.05, 3.63) is 29.6 Å². The number of likely N-dealkylation sites (tertiary alicyclic amines) is 1. The first kappa shape index (κ1) is 15.4. The van der Waals surface area contributed by atoms with E-state index in [2.05, 4.69) is 10.2 Å². The van der Waals surface area contributed by atoms with Crippen molar-refractivity contribution in [2.24, 2.45) is 0 Å². The highest BCUT2D eigenvalue weighted by molar-refractivity contribution is 5.37. The summed E-state index contributed by atoms with van der Waals surface area (Å²) in [6, 6.07) is 5.41. The van der Waals surface area contributed by atoms with Crippen LogP contribution in [0.1, 0.15) is 30.7 Å². The Morgan fingerprint density at radius 3 is 2.70 bits per heavy atom. The van der Waals surface area contributed by atoms with E-state index in [9.17, 15) is 4.39 Å². The lowest BCUT2D eigenvalue weighted by Gasteiger charge is -2.40. The number of benzene rings is 1. The number of rotatable bonds is 3. The number of piperidine rings is 1. The first-order chi connectivity index (χ1) is 11.2. The van der Waals surface area contributed by atoms with Gasteiger partial charge in [0.15, 0.2) is 0 Å². The first-order valence-corrected chi connectivity index (χ1v) is 8.61. The molecule has 0 saturated carbocycles. The molecule has 3 heterocycles. The minimum Gasteiger partial charge on any atom is -0.496 e. The Morgan fingerprint density at radius 1 is 1.30 bits per heavy atom. The maximum Gasteiger partial charge on any atom is 0.123 e. The number of nitrogens with zero attached hydrogens (tertiary/aromatic N) is 1. The predicted octanol–water partition coefficient (Wildman–Crippen LogP) is 2.14. The molecule has 23 heavy (non-hydrogen) atoms. The lowest BCUT2D eigenvalue weighted by molar-refractivity contribution is -0.0367. The molecule has 1 atom stereocenters. The van der Waals surface area contributed by atoms with Crippen LogP contribution in [0.4, 0.5) is 4.39 Å². The summed E-state index contributed by atoms with van der Waals surface area (Å²) in [6.07, 6.45) is 3.26. The fourth-order valence-corrected chi connectivity index (χ4v) is 4.30. The van der Waals surface area contributed by atoms with E-state index in [0.29, 0.717) is 12.0 Å². The fourth-order valence-electron chi connectivity index (χ4n) is 4.30. The third kappa shape index (κ3) is 2.86. The fraction of sp³-hybridized carbons (Fsp3) is 0.667. The Kier molecular flexibility index (Phi) is 4.03. The summed E-state index contributed by atoms with van der Waals surface area (Å²) in [6.45, 7) is 4.97. The Balaban J connectivity index is 1.39. The molecule has 0 aromatic heterocycles. The molecule has 0 bridgehead atoms. The van der Waals surface area contributed by atoms with Gasteiger partial charge in [-0.3, -0.25) is 4.90 Å². The van der Waals surface area contributed by atoms with Crippen LogP contribution >= 0.6 is 0 Å². The Bertz CT molecular complexity index is 568. The van der Waals surface area contributed by atoms with Gasteiger partial charge in [-0.25, -0.2) is 4.39 Å². The summed E-state index contributed by atoms with van der Waals surface area (Å²) in [4.78, 5) is 2.56. The third-order valence-electron chi connectivity index (χ3n) is 5.76. The highest BCUT2D eigenvalue weighted by atomic mass is 19.1. The topological polar surface area (TPSA) is 33.7 Å². The maximum absolute atomic E-state index is 13.6. The van der Waals surface area contributed by atoms with Gasteiger partial charge in [0.05, 0.1) is 19.3 Å².